The van der Waals surface area contributed by atoms with Crippen LogP contribution in [0.15, 0.2) is 29.3 Å². The van der Waals surface area contributed by atoms with Gasteiger partial charge in [0.1, 0.15) is 5.84 Å². The van der Waals surface area contributed by atoms with E-state index in [1.54, 1.807) is 0 Å². The van der Waals surface area contributed by atoms with Gasteiger partial charge in [0.2, 0.25) is 0 Å². The highest BCUT2D eigenvalue weighted by molar-refractivity contribution is 5.99. The third kappa shape index (κ3) is 1.65. The lowest BCUT2D eigenvalue weighted by Gasteiger charge is -2.19. The maximum absolute atomic E-state index is 4.48. The average molecular weight is 188 g/mol. The Kier molecular flexibility index (Phi) is 2.53. The molecule has 1 aromatic carbocycles. The van der Waals surface area contributed by atoms with Gasteiger partial charge < -0.3 is 4.90 Å². The summed E-state index contributed by atoms with van der Waals surface area (Å²) < 4.78 is 0. The first-order valence-corrected chi connectivity index (χ1v) is 5.19. The van der Waals surface area contributed by atoms with Crippen LogP contribution in [0.25, 0.3) is 0 Å². The van der Waals surface area contributed by atoms with Crippen molar-refractivity contribution in [3.05, 3.63) is 29.8 Å². The summed E-state index contributed by atoms with van der Waals surface area (Å²) in [5.41, 5.74) is 2.58. The predicted molar refractivity (Wildman–Crippen MR) is 61.1 cm³/mol. The van der Waals surface area contributed by atoms with Crippen LogP contribution in [0, 0.1) is 6.92 Å². The van der Waals surface area contributed by atoms with Crippen LogP contribution in [0.3, 0.4) is 0 Å². The summed E-state index contributed by atoms with van der Waals surface area (Å²) in [6.07, 6.45) is 1.02. The summed E-state index contributed by atoms with van der Waals surface area (Å²) in [6, 6.07) is 8.65. The summed E-state index contributed by atoms with van der Waals surface area (Å²) in [6.45, 7) is 6.25. The number of rotatable bonds is 2. The zero-order valence-corrected chi connectivity index (χ0v) is 8.83. The van der Waals surface area contributed by atoms with E-state index in [-0.39, 0.29) is 0 Å². The highest BCUT2D eigenvalue weighted by atomic mass is 15.2. The second kappa shape index (κ2) is 3.82. The van der Waals surface area contributed by atoms with Gasteiger partial charge >= 0.3 is 0 Å². The van der Waals surface area contributed by atoms with Crippen molar-refractivity contribution >= 4 is 11.5 Å². The number of anilines is 1. The largest absolute Gasteiger partial charge is 0.328 e. The molecule has 0 saturated heterocycles. The molecule has 1 aliphatic rings. The molecule has 1 heterocycles. The smallest absolute Gasteiger partial charge is 0.103 e. The number of hydrogen-bond acceptors (Lipinski definition) is 2. The zero-order chi connectivity index (χ0) is 9.97. The zero-order valence-electron chi connectivity index (χ0n) is 8.83. The fourth-order valence-corrected chi connectivity index (χ4v) is 1.80. The van der Waals surface area contributed by atoms with Gasteiger partial charge in [-0.3, -0.25) is 4.99 Å². The molecule has 0 unspecified atom stereocenters. The fourth-order valence-electron chi connectivity index (χ4n) is 1.80. The Balaban J connectivity index is 2.23. The van der Waals surface area contributed by atoms with Gasteiger partial charge in [0.25, 0.3) is 0 Å². The van der Waals surface area contributed by atoms with Gasteiger partial charge in [-0.05, 0) is 19.1 Å². The van der Waals surface area contributed by atoms with Gasteiger partial charge in [-0.2, -0.15) is 0 Å². The Labute approximate surface area is 85.3 Å². The third-order valence-electron chi connectivity index (χ3n) is 2.59. The highest BCUT2D eigenvalue weighted by Crippen LogP contribution is 2.19. The molecule has 2 nitrogen and oxygen atoms in total. The van der Waals surface area contributed by atoms with Gasteiger partial charge in [0.05, 0.1) is 6.54 Å². The van der Waals surface area contributed by atoms with Crippen molar-refractivity contribution in [2.75, 3.05) is 18.0 Å². The molecule has 0 atom stereocenters. The lowest BCUT2D eigenvalue weighted by Crippen LogP contribution is -2.26. The van der Waals surface area contributed by atoms with Gasteiger partial charge in [-0.15, -0.1) is 0 Å². The Morgan fingerprint density at radius 1 is 1.29 bits per heavy atom. The highest BCUT2D eigenvalue weighted by Gasteiger charge is 2.15. The molecule has 0 aromatic heterocycles. The van der Waals surface area contributed by atoms with Crippen molar-refractivity contribution in [1.82, 2.24) is 0 Å². The van der Waals surface area contributed by atoms with E-state index in [1.807, 2.05) is 0 Å². The Hall–Kier alpha value is -1.31. The first-order chi connectivity index (χ1) is 6.81. The molecule has 0 amide bonds. The summed E-state index contributed by atoms with van der Waals surface area (Å²) in [4.78, 5) is 6.78. The lowest BCUT2D eigenvalue weighted by atomic mass is 10.2. The van der Waals surface area contributed by atoms with Crippen molar-refractivity contribution in [2.24, 2.45) is 4.99 Å². The molecule has 0 saturated carbocycles. The predicted octanol–water partition coefficient (Wildman–Crippen LogP) is 2.62. The van der Waals surface area contributed by atoms with Crippen LogP contribution in [0.4, 0.5) is 5.69 Å². The molecule has 0 aliphatic carbocycles. The van der Waals surface area contributed by atoms with E-state index >= 15 is 0 Å². The molecule has 0 spiro atoms. The number of nitrogens with zero attached hydrogens (tertiary/aromatic N) is 2. The van der Waals surface area contributed by atoms with Crippen LogP contribution < -0.4 is 4.90 Å². The van der Waals surface area contributed by atoms with Gasteiger partial charge in [-0.25, -0.2) is 0 Å². The number of benzene rings is 1. The second-order valence-electron chi connectivity index (χ2n) is 3.64. The monoisotopic (exact) mass is 188 g/mol. The normalized spacial score (nSPS) is 15.9. The van der Waals surface area contributed by atoms with Crippen LogP contribution >= 0.6 is 0 Å². The number of aryl methyl sites for hydroxylation is 1. The van der Waals surface area contributed by atoms with E-state index in [9.17, 15) is 0 Å². The molecule has 0 bridgehead atoms. The summed E-state index contributed by atoms with van der Waals surface area (Å²) in [7, 11) is 0. The number of hydrogen-bond donors (Lipinski definition) is 0. The van der Waals surface area contributed by atoms with E-state index in [0.29, 0.717) is 0 Å². The average Bonchev–Trinajstić information content (AvgIpc) is 2.67. The fraction of sp³-hybridized carbons (Fsp3) is 0.417. The number of amidine groups is 1. The maximum atomic E-state index is 4.48. The van der Waals surface area contributed by atoms with Crippen LogP contribution in [0.1, 0.15) is 18.9 Å². The standard InChI is InChI=1S/C12H16N2/c1-3-12-13-8-9-14(12)11-6-4-10(2)5-7-11/h4-7H,3,8-9H2,1-2H3. The minimum Gasteiger partial charge on any atom is -0.328 e. The topological polar surface area (TPSA) is 15.6 Å². The molecule has 74 valence electrons. The molecule has 1 aromatic rings. The van der Waals surface area contributed by atoms with Crippen molar-refractivity contribution in [3.8, 4) is 0 Å². The quantitative estimate of drug-likeness (QED) is 0.696. The van der Waals surface area contributed by atoms with Gasteiger partial charge in [-0.1, -0.05) is 24.6 Å². The van der Waals surface area contributed by atoms with Gasteiger partial charge in [0, 0.05) is 18.7 Å². The van der Waals surface area contributed by atoms with Gasteiger partial charge in [0.15, 0.2) is 0 Å². The minimum absolute atomic E-state index is 0.942. The Bertz CT molecular complexity index is 338. The van der Waals surface area contributed by atoms with E-state index in [4.69, 9.17) is 0 Å². The van der Waals surface area contributed by atoms with Crippen LogP contribution in [-0.4, -0.2) is 18.9 Å². The Morgan fingerprint density at radius 3 is 2.64 bits per heavy atom. The minimum atomic E-state index is 0.942. The number of aliphatic imine (C=N–C) groups is 1. The summed E-state index contributed by atoms with van der Waals surface area (Å²) >= 11 is 0. The van der Waals surface area contributed by atoms with E-state index in [0.717, 1.165) is 19.5 Å². The Morgan fingerprint density at radius 2 is 2.00 bits per heavy atom. The van der Waals surface area contributed by atoms with Crippen molar-refractivity contribution in [1.29, 1.82) is 0 Å². The molecular weight excluding hydrogens is 172 g/mol. The van der Waals surface area contributed by atoms with Crippen LogP contribution in [0.5, 0.6) is 0 Å². The maximum Gasteiger partial charge on any atom is 0.103 e. The molecule has 0 N–H and O–H groups in total. The molecule has 2 heteroatoms. The molecule has 0 fully saturated rings. The first kappa shape index (κ1) is 9.25. The first-order valence-electron chi connectivity index (χ1n) is 5.19. The van der Waals surface area contributed by atoms with E-state index < -0.39 is 0 Å². The van der Waals surface area contributed by atoms with Crippen LogP contribution in [0.2, 0.25) is 0 Å². The lowest BCUT2D eigenvalue weighted by molar-refractivity contribution is 1.02. The summed E-state index contributed by atoms with van der Waals surface area (Å²) in [5.74, 6) is 1.22. The third-order valence-corrected chi connectivity index (χ3v) is 2.59. The van der Waals surface area contributed by atoms with Crippen molar-refractivity contribution in [2.45, 2.75) is 20.3 Å². The molecule has 1 aliphatic heterocycles. The van der Waals surface area contributed by atoms with Crippen molar-refractivity contribution in [3.63, 3.8) is 0 Å². The van der Waals surface area contributed by atoms with Crippen molar-refractivity contribution < 1.29 is 0 Å². The summed E-state index contributed by atoms with van der Waals surface area (Å²) in [5, 5.41) is 0. The van der Waals surface area contributed by atoms with E-state index in [1.165, 1.54) is 17.1 Å². The second-order valence-corrected chi connectivity index (χ2v) is 3.64. The molecule has 0 radical (unpaired) electrons. The molecule has 14 heavy (non-hydrogen) atoms. The SMILES string of the molecule is CCC1=NCCN1c1ccc(C)cc1. The van der Waals surface area contributed by atoms with E-state index in [2.05, 4.69) is 48.0 Å². The van der Waals surface area contributed by atoms with Crippen LogP contribution in [-0.2, 0) is 0 Å². The molecule has 2 rings (SSSR count). The molecular formula is C12H16N2.